The van der Waals surface area contributed by atoms with E-state index >= 15 is 0 Å². The van der Waals surface area contributed by atoms with E-state index in [9.17, 15) is 4.79 Å². The molecular formula is C25H23N3O. The van der Waals surface area contributed by atoms with E-state index in [2.05, 4.69) is 28.1 Å². The highest BCUT2D eigenvalue weighted by atomic mass is 16.1. The molecule has 1 aromatic heterocycles. The molecule has 0 saturated heterocycles. The first-order valence-corrected chi connectivity index (χ1v) is 9.78. The average molecular weight is 381 g/mol. The molecule has 1 amide bonds. The normalized spacial score (nSPS) is 11.2. The largest absolute Gasteiger partial charge is 0.352 e. The summed E-state index contributed by atoms with van der Waals surface area (Å²) in [7, 11) is 0. The molecule has 144 valence electrons. The van der Waals surface area contributed by atoms with Gasteiger partial charge in [-0.05, 0) is 29.3 Å². The highest BCUT2D eigenvalue weighted by Gasteiger charge is 2.11. The lowest BCUT2D eigenvalue weighted by atomic mass is 10.2. The van der Waals surface area contributed by atoms with Gasteiger partial charge in [0.15, 0.2) is 0 Å². The molecule has 4 aromatic rings. The van der Waals surface area contributed by atoms with Crippen molar-refractivity contribution >= 4 is 23.0 Å². The minimum absolute atomic E-state index is 0.0976. The van der Waals surface area contributed by atoms with Crippen LogP contribution in [0.1, 0.15) is 17.0 Å². The molecular weight excluding hydrogens is 358 g/mol. The standard InChI is InChI=1S/C25H23N3O/c29-25(16-15-20-9-3-1-4-10-20)26-18-17-24-27-22-13-7-8-14-23(22)28(24)19-21-11-5-2-6-12-21/h1-16H,17-19H2,(H,26,29)/b16-15+. The molecule has 0 atom stereocenters. The highest BCUT2D eigenvalue weighted by Crippen LogP contribution is 2.18. The zero-order valence-electron chi connectivity index (χ0n) is 16.2. The van der Waals surface area contributed by atoms with Crippen molar-refractivity contribution in [2.45, 2.75) is 13.0 Å². The predicted molar refractivity (Wildman–Crippen MR) is 117 cm³/mol. The van der Waals surface area contributed by atoms with E-state index in [1.165, 1.54) is 5.56 Å². The Morgan fingerprint density at radius 3 is 2.38 bits per heavy atom. The highest BCUT2D eigenvalue weighted by molar-refractivity contribution is 5.91. The van der Waals surface area contributed by atoms with Gasteiger partial charge in [-0.1, -0.05) is 72.8 Å². The first-order valence-electron chi connectivity index (χ1n) is 9.78. The van der Waals surface area contributed by atoms with Gasteiger partial charge in [-0.25, -0.2) is 4.98 Å². The van der Waals surface area contributed by atoms with Crippen molar-refractivity contribution in [1.29, 1.82) is 0 Å². The van der Waals surface area contributed by atoms with Crippen LogP contribution < -0.4 is 5.32 Å². The van der Waals surface area contributed by atoms with E-state index in [1.54, 1.807) is 6.08 Å². The molecule has 1 N–H and O–H groups in total. The molecule has 0 spiro atoms. The summed E-state index contributed by atoms with van der Waals surface area (Å²) in [6.45, 7) is 1.30. The van der Waals surface area contributed by atoms with E-state index in [4.69, 9.17) is 4.98 Å². The summed E-state index contributed by atoms with van der Waals surface area (Å²) < 4.78 is 2.23. The number of carbonyl (C=O) groups is 1. The first kappa shape index (κ1) is 18.7. The predicted octanol–water partition coefficient (Wildman–Crippen LogP) is 4.46. The fraction of sp³-hybridized carbons (Fsp3) is 0.120. The summed E-state index contributed by atoms with van der Waals surface area (Å²) in [5.74, 6) is 0.877. The van der Waals surface area contributed by atoms with Gasteiger partial charge >= 0.3 is 0 Å². The van der Waals surface area contributed by atoms with Crippen LogP contribution in [-0.2, 0) is 17.8 Å². The van der Waals surface area contributed by atoms with Crippen LogP contribution in [0.3, 0.4) is 0 Å². The quantitative estimate of drug-likeness (QED) is 0.481. The Hall–Kier alpha value is -3.66. The van der Waals surface area contributed by atoms with Crippen molar-refractivity contribution in [1.82, 2.24) is 14.9 Å². The zero-order chi connectivity index (χ0) is 19.9. The molecule has 4 rings (SSSR count). The third-order valence-electron chi connectivity index (χ3n) is 4.79. The van der Waals surface area contributed by atoms with Gasteiger partial charge in [0.05, 0.1) is 11.0 Å². The Morgan fingerprint density at radius 1 is 0.897 bits per heavy atom. The lowest BCUT2D eigenvalue weighted by Crippen LogP contribution is -2.24. The molecule has 1 heterocycles. The van der Waals surface area contributed by atoms with Gasteiger partial charge in [-0.3, -0.25) is 4.79 Å². The Balaban J connectivity index is 1.44. The number of nitrogens with one attached hydrogen (secondary N) is 1. The van der Waals surface area contributed by atoms with Gasteiger partial charge < -0.3 is 9.88 Å². The van der Waals surface area contributed by atoms with Crippen LogP contribution in [0.2, 0.25) is 0 Å². The van der Waals surface area contributed by atoms with Crippen molar-refractivity contribution in [3.05, 3.63) is 108 Å². The molecule has 0 aliphatic rings. The Labute approximate surface area is 170 Å². The lowest BCUT2D eigenvalue weighted by Gasteiger charge is -2.10. The fourth-order valence-corrected chi connectivity index (χ4v) is 3.35. The molecule has 0 unspecified atom stereocenters. The van der Waals surface area contributed by atoms with Crippen molar-refractivity contribution in [2.75, 3.05) is 6.54 Å². The van der Waals surface area contributed by atoms with E-state index in [0.29, 0.717) is 13.0 Å². The van der Waals surface area contributed by atoms with Crippen molar-refractivity contribution in [2.24, 2.45) is 0 Å². The Bertz CT molecular complexity index is 1110. The topological polar surface area (TPSA) is 46.9 Å². The number of amides is 1. The van der Waals surface area contributed by atoms with Crippen LogP contribution in [0.25, 0.3) is 17.1 Å². The van der Waals surface area contributed by atoms with Crippen molar-refractivity contribution < 1.29 is 4.79 Å². The second kappa shape index (κ2) is 9.02. The first-order chi connectivity index (χ1) is 14.3. The van der Waals surface area contributed by atoms with Crippen molar-refractivity contribution in [3.63, 3.8) is 0 Å². The van der Waals surface area contributed by atoms with E-state index in [0.717, 1.165) is 29.0 Å². The third kappa shape index (κ3) is 4.79. The summed E-state index contributed by atoms with van der Waals surface area (Å²) in [6, 6.07) is 28.3. The molecule has 4 heteroatoms. The number of rotatable bonds is 7. The summed E-state index contributed by atoms with van der Waals surface area (Å²) in [6.07, 6.45) is 4.06. The van der Waals surface area contributed by atoms with E-state index in [1.807, 2.05) is 72.8 Å². The van der Waals surface area contributed by atoms with Gasteiger partial charge in [0.1, 0.15) is 5.82 Å². The van der Waals surface area contributed by atoms with Crippen LogP contribution in [-0.4, -0.2) is 22.0 Å². The molecule has 0 radical (unpaired) electrons. The maximum atomic E-state index is 12.1. The fourth-order valence-electron chi connectivity index (χ4n) is 3.35. The molecule has 0 saturated carbocycles. The van der Waals surface area contributed by atoms with Crippen LogP contribution >= 0.6 is 0 Å². The molecule has 0 aliphatic heterocycles. The zero-order valence-corrected chi connectivity index (χ0v) is 16.2. The number of aromatic nitrogens is 2. The van der Waals surface area contributed by atoms with Gasteiger partial charge in [0, 0.05) is 25.6 Å². The van der Waals surface area contributed by atoms with Gasteiger partial charge in [0.2, 0.25) is 5.91 Å². The monoisotopic (exact) mass is 381 g/mol. The van der Waals surface area contributed by atoms with Crippen LogP contribution in [0.5, 0.6) is 0 Å². The second-order valence-electron chi connectivity index (χ2n) is 6.87. The smallest absolute Gasteiger partial charge is 0.244 e. The summed E-state index contributed by atoms with van der Waals surface area (Å²) in [4.78, 5) is 16.9. The number of carbonyl (C=O) groups excluding carboxylic acids is 1. The van der Waals surface area contributed by atoms with Gasteiger partial charge in [-0.2, -0.15) is 0 Å². The maximum Gasteiger partial charge on any atom is 0.244 e. The van der Waals surface area contributed by atoms with Crippen LogP contribution in [0.4, 0.5) is 0 Å². The molecule has 29 heavy (non-hydrogen) atoms. The molecule has 0 bridgehead atoms. The van der Waals surface area contributed by atoms with Gasteiger partial charge in [-0.15, -0.1) is 0 Å². The minimum atomic E-state index is -0.0976. The second-order valence-corrected chi connectivity index (χ2v) is 6.87. The van der Waals surface area contributed by atoms with Crippen molar-refractivity contribution in [3.8, 4) is 0 Å². The lowest BCUT2D eigenvalue weighted by molar-refractivity contribution is -0.116. The summed E-state index contributed by atoms with van der Waals surface area (Å²) >= 11 is 0. The number of imidazole rings is 1. The number of fused-ring (bicyclic) bond motifs is 1. The minimum Gasteiger partial charge on any atom is -0.352 e. The summed E-state index contributed by atoms with van der Waals surface area (Å²) in [5, 5.41) is 2.96. The molecule has 4 nitrogen and oxygen atoms in total. The third-order valence-corrected chi connectivity index (χ3v) is 4.79. The Morgan fingerprint density at radius 2 is 1.59 bits per heavy atom. The van der Waals surface area contributed by atoms with Crippen LogP contribution in [0, 0.1) is 0 Å². The number of hydrogen-bond acceptors (Lipinski definition) is 2. The van der Waals surface area contributed by atoms with Crippen LogP contribution in [0.15, 0.2) is 91.0 Å². The van der Waals surface area contributed by atoms with E-state index < -0.39 is 0 Å². The number of benzene rings is 3. The SMILES string of the molecule is O=C(/C=C/c1ccccc1)NCCc1nc2ccccc2n1Cc1ccccc1. The summed E-state index contributed by atoms with van der Waals surface area (Å²) in [5.41, 5.74) is 4.33. The average Bonchev–Trinajstić information content (AvgIpc) is 3.11. The molecule has 0 fully saturated rings. The maximum absolute atomic E-state index is 12.1. The van der Waals surface area contributed by atoms with Gasteiger partial charge in [0.25, 0.3) is 0 Å². The Kier molecular flexibility index (Phi) is 5.81. The van der Waals surface area contributed by atoms with E-state index in [-0.39, 0.29) is 5.91 Å². The number of nitrogens with zero attached hydrogens (tertiary/aromatic N) is 2. The molecule has 0 aliphatic carbocycles. The number of hydrogen-bond donors (Lipinski definition) is 1. The number of para-hydroxylation sites is 2. The molecule has 3 aromatic carbocycles.